The van der Waals surface area contributed by atoms with E-state index < -0.39 is 23.4 Å². The lowest BCUT2D eigenvalue weighted by Crippen LogP contribution is -2.03. The smallest absolute Gasteiger partial charge is 0.235 e. The maximum Gasteiger partial charge on any atom is 0.416 e. The third-order valence-electron chi connectivity index (χ3n) is 3.33. The number of allylic oxidation sites excluding steroid dienone is 1. The van der Waals surface area contributed by atoms with Crippen LogP contribution in [-0.2, 0) is 6.18 Å². The number of halogens is 5. The molecule has 25 heavy (non-hydrogen) atoms. The molecular weight excluding hydrogens is 359 g/mol. The minimum Gasteiger partial charge on any atom is -0.235 e. The topological polar surface area (TPSA) is 36.7 Å². The quantitative estimate of drug-likeness (QED) is 0.434. The highest BCUT2D eigenvalue weighted by atomic mass is 32.1. The van der Waals surface area contributed by atoms with Crippen LogP contribution in [0, 0.1) is 23.0 Å². The van der Waals surface area contributed by atoms with E-state index in [-0.39, 0.29) is 21.7 Å². The first-order valence-corrected chi connectivity index (χ1v) is 7.64. The number of nitrogens with zero attached hydrogens (tertiary/aromatic N) is 2. The van der Waals surface area contributed by atoms with E-state index in [1.165, 1.54) is 12.1 Å². The number of thiazole rings is 1. The summed E-state index contributed by atoms with van der Waals surface area (Å²) in [6.07, 6.45) is -3.32. The van der Waals surface area contributed by atoms with Gasteiger partial charge in [0.05, 0.1) is 21.4 Å². The minimum absolute atomic E-state index is 0.0202. The van der Waals surface area contributed by atoms with Crippen molar-refractivity contribution in [3.8, 4) is 6.07 Å². The van der Waals surface area contributed by atoms with E-state index in [1.807, 2.05) is 6.07 Å². The Morgan fingerprint density at radius 3 is 2.52 bits per heavy atom. The molecule has 3 rings (SSSR count). The van der Waals surface area contributed by atoms with Gasteiger partial charge in [-0.15, -0.1) is 11.3 Å². The summed E-state index contributed by atoms with van der Waals surface area (Å²) in [7, 11) is 0. The molecule has 126 valence electrons. The van der Waals surface area contributed by atoms with E-state index in [0.29, 0.717) is 10.8 Å². The molecule has 0 spiro atoms. The third-order valence-corrected chi connectivity index (χ3v) is 4.40. The molecule has 0 saturated carbocycles. The van der Waals surface area contributed by atoms with Crippen LogP contribution in [0.5, 0.6) is 0 Å². The number of hydrogen-bond donors (Lipinski definition) is 0. The van der Waals surface area contributed by atoms with Gasteiger partial charge in [0.15, 0.2) is 0 Å². The van der Waals surface area contributed by atoms with Crippen LogP contribution in [0.4, 0.5) is 22.0 Å². The third kappa shape index (κ3) is 3.51. The van der Waals surface area contributed by atoms with Crippen LogP contribution in [0.2, 0.25) is 0 Å². The summed E-state index contributed by atoms with van der Waals surface area (Å²) in [5.74, 6) is -1.61. The summed E-state index contributed by atoms with van der Waals surface area (Å²) in [5.41, 5.74) is -0.798. The highest BCUT2D eigenvalue weighted by molar-refractivity contribution is 7.19. The highest BCUT2D eigenvalue weighted by Crippen LogP contribution is 2.34. The number of rotatable bonds is 2. The van der Waals surface area contributed by atoms with Gasteiger partial charge < -0.3 is 0 Å². The summed E-state index contributed by atoms with van der Waals surface area (Å²) >= 11 is 1.01. The Kier molecular flexibility index (Phi) is 4.27. The number of aromatic nitrogens is 1. The van der Waals surface area contributed by atoms with Crippen molar-refractivity contribution < 1.29 is 22.0 Å². The lowest BCUT2D eigenvalue weighted by Gasteiger charge is -2.04. The van der Waals surface area contributed by atoms with Gasteiger partial charge in [0.1, 0.15) is 22.7 Å². The van der Waals surface area contributed by atoms with Gasteiger partial charge in [-0.25, -0.2) is 13.8 Å². The van der Waals surface area contributed by atoms with Crippen LogP contribution in [0.1, 0.15) is 16.1 Å². The predicted octanol–water partition coefficient (Wildman–Crippen LogP) is 5.66. The maximum absolute atomic E-state index is 13.7. The molecule has 0 amide bonds. The molecule has 0 atom stereocenters. The van der Waals surface area contributed by atoms with Gasteiger partial charge in [0.2, 0.25) is 0 Å². The highest BCUT2D eigenvalue weighted by Gasteiger charge is 2.30. The first-order valence-electron chi connectivity index (χ1n) is 6.83. The summed E-state index contributed by atoms with van der Waals surface area (Å²) in [5, 5.41) is 9.42. The van der Waals surface area contributed by atoms with E-state index in [2.05, 4.69) is 4.98 Å². The zero-order valence-corrected chi connectivity index (χ0v) is 13.1. The molecule has 1 aromatic heterocycles. The van der Waals surface area contributed by atoms with Crippen molar-refractivity contribution in [2.45, 2.75) is 6.18 Å². The zero-order valence-electron chi connectivity index (χ0n) is 12.2. The second-order valence-corrected chi connectivity index (χ2v) is 6.07. The van der Waals surface area contributed by atoms with Gasteiger partial charge in [-0.3, -0.25) is 0 Å². The van der Waals surface area contributed by atoms with Crippen molar-refractivity contribution in [2.75, 3.05) is 0 Å². The molecule has 3 aromatic rings. The van der Waals surface area contributed by atoms with E-state index in [0.717, 1.165) is 35.6 Å². The van der Waals surface area contributed by atoms with Crippen LogP contribution in [0.25, 0.3) is 21.9 Å². The first-order chi connectivity index (χ1) is 11.8. The summed E-state index contributed by atoms with van der Waals surface area (Å²) in [6.45, 7) is 0. The van der Waals surface area contributed by atoms with Crippen LogP contribution in [0.15, 0.2) is 36.4 Å². The Morgan fingerprint density at radius 1 is 1.12 bits per heavy atom. The number of hydrogen-bond acceptors (Lipinski definition) is 3. The van der Waals surface area contributed by atoms with E-state index in [4.69, 9.17) is 0 Å². The SMILES string of the molecule is N#C/C(=C\c1ccc(F)cc1F)c1nc2cc(C(F)(F)F)ccc2s1. The lowest BCUT2D eigenvalue weighted by atomic mass is 10.1. The van der Waals surface area contributed by atoms with E-state index in [1.54, 1.807) is 0 Å². The van der Waals surface area contributed by atoms with Crippen molar-refractivity contribution in [2.24, 2.45) is 0 Å². The van der Waals surface area contributed by atoms with Crippen LogP contribution in [0.3, 0.4) is 0 Å². The van der Waals surface area contributed by atoms with Gasteiger partial charge >= 0.3 is 6.18 Å². The molecule has 0 N–H and O–H groups in total. The summed E-state index contributed by atoms with van der Waals surface area (Å²) in [4.78, 5) is 4.03. The van der Waals surface area contributed by atoms with E-state index in [9.17, 15) is 27.2 Å². The molecular formula is C17H7F5N2S. The largest absolute Gasteiger partial charge is 0.416 e. The lowest BCUT2D eigenvalue weighted by molar-refractivity contribution is -0.137. The summed E-state index contributed by atoms with van der Waals surface area (Å²) in [6, 6.07) is 7.81. The fraction of sp³-hybridized carbons (Fsp3) is 0.0588. The zero-order chi connectivity index (χ0) is 18.2. The minimum atomic E-state index is -4.50. The Labute approximate surface area is 142 Å². The molecule has 0 radical (unpaired) electrons. The summed E-state index contributed by atoms with van der Waals surface area (Å²) < 4.78 is 65.4. The van der Waals surface area contributed by atoms with Crippen LogP contribution in [-0.4, -0.2) is 4.98 Å². The normalized spacial score (nSPS) is 12.4. The standard InChI is InChI=1S/C17H7F5N2S/c18-12-3-1-9(13(19)7-12)5-10(8-23)16-24-14-6-11(17(20,21)22)2-4-15(14)25-16/h1-7H/b10-5+. The monoisotopic (exact) mass is 366 g/mol. The van der Waals surface area contributed by atoms with Crippen molar-refractivity contribution in [3.05, 3.63) is 64.2 Å². The van der Waals surface area contributed by atoms with Gasteiger partial charge in [-0.05, 0) is 36.4 Å². The Hall–Kier alpha value is -2.79. The average molecular weight is 366 g/mol. The predicted molar refractivity (Wildman–Crippen MR) is 84.5 cm³/mol. The number of nitriles is 1. The van der Waals surface area contributed by atoms with Crippen molar-refractivity contribution in [1.82, 2.24) is 4.98 Å². The average Bonchev–Trinajstić information content (AvgIpc) is 2.96. The molecule has 2 nitrogen and oxygen atoms in total. The molecule has 0 fully saturated rings. The Morgan fingerprint density at radius 2 is 1.88 bits per heavy atom. The molecule has 0 aliphatic carbocycles. The van der Waals surface area contributed by atoms with Crippen molar-refractivity contribution >= 4 is 33.2 Å². The Balaban J connectivity index is 2.07. The van der Waals surface area contributed by atoms with Crippen molar-refractivity contribution in [1.29, 1.82) is 5.26 Å². The molecule has 8 heteroatoms. The van der Waals surface area contributed by atoms with Gasteiger partial charge in [-0.2, -0.15) is 18.4 Å². The van der Waals surface area contributed by atoms with Gasteiger partial charge in [0, 0.05) is 11.6 Å². The van der Waals surface area contributed by atoms with Crippen LogP contribution >= 0.6 is 11.3 Å². The van der Waals surface area contributed by atoms with Crippen LogP contribution < -0.4 is 0 Å². The molecule has 0 saturated heterocycles. The molecule has 2 aromatic carbocycles. The van der Waals surface area contributed by atoms with E-state index >= 15 is 0 Å². The molecule has 0 bridgehead atoms. The molecule has 1 heterocycles. The number of fused-ring (bicyclic) bond motifs is 1. The van der Waals surface area contributed by atoms with Gasteiger partial charge in [-0.1, -0.05) is 0 Å². The second-order valence-electron chi connectivity index (χ2n) is 5.03. The molecule has 0 aliphatic heterocycles. The molecule has 0 aliphatic rings. The van der Waals surface area contributed by atoms with Gasteiger partial charge in [0.25, 0.3) is 0 Å². The Bertz CT molecular complexity index is 1030. The fourth-order valence-corrected chi connectivity index (χ4v) is 3.05. The van der Waals surface area contributed by atoms with Crippen molar-refractivity contribution in [3.63, 3.8) is 0 Å². The first kappa shape index (κ1) is 17.0. The number of benzene rings is 2. The molecule has 0 unspecified atom stereocenters. The second kappa shape index (κ2) is 6.26. The fourth-order valence-electron chi connectivity index (χ4n) is 2.13. The number of alkyl halides is 3. The maximum atomic E-state index is 13.7.